The normalized spacial score (nSPS) is 15.1. The van der Waals surface area contributed by atoms with Crippen molar-refractivity contribution >= 4 is 23.4 Å². The molecule has 32 heavy (non-hydrogen) atoms. The summed E-state index contributed by atoms with van der Waals surface area (Å²) in [5, 5.41) is 13.1. The lowest BCUT2D eigenvalue weighted by Crippen LogP contribution is -2.52. The van der Waals surface area contributed by atoms with Gasteiger partial charge < -0.3 is 9.64 Å². The number of benzene rings is 1. The van der Waals surface area contributed by atoms with Gasteiger partial charge in [0.1, 0.15) is 0 Å². The predicted molar refractivity (Wildman–Crippen MR) is 118 cm³/mol. The second-order valence-corrected chi connectivity index (χ2v) is 7.51. The van der Waals surface area contributed by atoms with Crippen molar-refractivity contribution in [1.82, 2.24) is 14.8 Å². The van der Waals surface area contributed by atoms with Crippen LogP contribution in [-0.2, 0) is 11.3 Å². The Morgan fingerprint density at radius 2 is 2.06 bits per heavy atom. The number of ether oxygens (including phenoxy) is 1. The third-order valence-corrected chi connectivity index (χ3v) is 5.23. The lowest BCUT2D eigenvalue weighted by Gasteiger charge is -2.40. The molecule has 0 saturated carbocycles. The Morgan fingerprint density at radius 1 is 1.22 bits per heavy atom. The van der Waals surface area contributed by atoms with Gasteiger partial charge in [0.25, 0.3) is 0 Å². The molecule has 9 nitrogen and oxygen atoms in total. The summed E-state index contributed by atoms with van der Waals surface area (Å²) in [5.74, 6) is 0.242. The molecule has 1 aromatic carbocycles. The van der Waals surface area contributed by atoms with Gasteiger partial charge in [-0.15, -0.1) is 0 Å². The van der Waals surface area contributed by atoms with Gasteiger partial charge in [0, 0.05) is 31.4 Å². The van der Waals surface area contributed by atoms with Gasteiger partial charge in [-0.1, -0.05) is 6.07 Å². The number of hydrogen-bond acceptors (Lipinski definition) is 6. The van der Waals surface area contributed by atoms with Crippen LogP contribution in [0.3, 0.4) is 0 Å². The van der Waals surface area contributed by atoms with E-state index in [1.165, 1.54) is 18.0 Å². The van der Waals surface area contributed by atoms with E-state index in [4.69, 9.17) is 10.00 Å². The van der Waals surface area contributed by atoms with Gasteiger partial charge in [0.05, 0.1) is 48.8 Å². The second-order valence-electron chi connectivity index (χ2n) is 7.51. The summed E-state index contributed by atoms with van der Waals surface area (Å²) in [7, 11) is 0. The fraction of sp³-hybridized carbons (Fsp3) is 0.261. The van der Waals surface area contributed by atoms with E-state index in [0.29, 0.717) is 30.1 Å². The largest absolute Gasteiger partial charge is 0.419 e. The molecule has 1 aliphatic rings. The van der Waals surface area contributed by atoms with Crippen LogP contribution in [0.15, 0.2) is 55.1 Å². The third-order valence-electron chi connectivity index (χ3n) is 5.23. The van der Waals surface area contributed by atoms with Gasteiger partial charge in [0.15, 0.2) is 5.75 Å². The molecule has 0 saturated heterocycles. The predicted octanol–water partition coefficient (Wildman–Crippen LogP) is 3.62. The quantitative estimate of drug-likeness (QED) is 0.626. The Hall–Kier alpha value is -4.19. The van der Waals surface area contributed by atoms with Crippen LogP contribution in [0.5, 0.6) is 5.75 Å². The van der Waals surface area contributed by atoms with Crippen LogP contribution < -0.4 is 14.5 Å². The van der Waals surface area contributed by atoms with Gasteiger partial charge in [-0.25, -0.2) is 4.79 Å². The lowest BCUT2D eigenvalue weighted by atomic mass is 10.0. The van der Waals surface area contributed by atoms with Gasteiger partial charge in [-0.2, -0.15) is 10.4 Å². The first-order valence-corrected chi connectivity index (χ1v) is 10.2. The summed E-state index contributed by atoms with van der Waals surface area (Å²) in [6.07, 6.45) is 6.46. The number of aryl methyl sites for hydroxylation is 1. The monoisotopic (exact) mass is 430 g/mol. The van der Waals surface area contributed by atoms with E-state index >= 15 is 0 Å². The Balaban J connectivity index is 1.71. The number of rotatable bonds is 4. The van der Waals surface area contributed by atoms with Crippen LogP contribution in [0.2, 0.25) is 0 Å². The molecule has 0 aliphatic carbocycles. The van der Waals surface area contributed by atoms with E-state index < -0.39 is 6.09 Å². The van der Waals surface area contributed by atoms with Gasteiger partial charge in [0.2, 0.25) is 5.91 Å². The SMILES string of the molecule is CC(=O)N1c2ccc(-c3cnn(CCC#N)c3)cc2N(C(=O)Oc2cccnc2)C[C@@H]1C. The van der Waals surface area contributed by atoms with Crippen molar-refractivity contribution in [1.29, 1.82) is 5.26 Å². The molecule has 2 aromatic heterocycles. The molecule has 1 atom stereocenters. The Morgan fingerprint density at radius 3 is 2.78 bits per heavy atom. The smallest absolute Gasteiger partial charge is 0.408 e. The zero-order valence-corrected chi connectivity index (χ0v) is 17.8. The standard InChI is InChI=1S/C23H22N6O3/c1-16-14-28(23(31)32-20-5-3-9-25-13-20)22-11-18(6-7-21(22)29(16)17(2)30)19-12-26-27(15-19)10-4-8-24/h3,5-7,9,11-13,15-16H,4,10,14H2,1-2H3/t16-/m0/s1. The number of fused-ring (bicyclic) bond motifs is 1. The zero-order valence-electron chi connectivity index (χ0n) is 17.8. The first-order chi connectivity index (χ1) is 15.5. The van der Waals surface area contributed by atoms with Crippen LogP contribution in [0.4, 0.5) is 16.2 Å². The highest BCUT2D eigenvalue weighted by Crippen LogP contribution is 2.39. The second kappa shape index (κ2) is 8.89. The number of amides is 2. The Labute approximate surface area is 185 Å². The number of aromatic nitrogens is 3. The molecule has 0 spiro atoms. The maximum Gasteiger partial charge on any atom is 0.419 e. The van der Waals surface area contributed by atoms with Crippen molar-refractivity contribution < 1.29 is 14.3 Å². The minimum Gasteiger partial charge on any atom is -0.408 e. The summed E-state index contributed by atoms with van der Waals surface area (Å²) < 4.78 is 7.23. The summed E-state index contributed by atoms with van der Waals surface area (Å²) in [4.78, 5) is 32.6. The lowest BCUT2D eigenvalue weighted by molar-refractivity contribution is -0.117. The number of pyridine rings is 1. The molecule has 162 valence electrons. The molecule has 3 heterocycles. The summed E-state index contributed by atoms with van der Waals surface area (Å²) >= 11 is 0. The number of carbonyl (C=O) groups is 2. The average Bonchev–Trinajstić information content (AvgIpc) is 3.26. The molecule has 0 unspecified atom stereocenters. The molecule has 1 aliphatic heterocycles. The van der Waals surface area contributed by atoms with Crippen LogP contribution in [0.25, 0.3) is 11.1 Å². The number of hydrogen-bond donors (Lipinski definition) is 0. The van der Waals surface area contributed by atoms with E-state index in [9.17, 15) is 9.59 Å². The summed E-state index contributed by atoms with van der Waals surface area (Å²) in [6, 6.07) is 10.8. The van der Waals surface area contributed by atoms with Gasteiger partial charge >= 0.3 is 6.09 Å². The molecule has 0 N–H and O–H groups in total. The van der Waals surface area contributed by atoms with Crippen molar-refractivity contribution in [2.75, 3.05) is 16.3 Å². The maximum absolute atomic E-state index is 13.0. The molecule has 2 amide bonds. The topological polar surface area (TPSA) is 104 Å². The molecule has 9 heteroatoms. The minimum atomic E-state index is -0.545. The molecule has 0 fully saturated rings. The number of nitriles is 1. The molecule has 0 bridgehead atoms. The van der Waals surface area contributed by atoms with E-state index in [1.54, 1.807) is 34.1 Å². The molecule has 0 radical (unpaired) electrons. The van der Waals surface area contributed by atoms with E-state index in [-0.39, 0.29) is 18.5 Å². The van der Waals surface area contributed by atoms with Crippen LogP contribution >= 0.6 is 0 Å². The third kappa shape index (κ3) is 4.16. The maximum atomic E-state index is 13.0. The van der Waals surface area contributed by atoms with Crippen LogP contribution in [0.1, 0.15) is 20.3 Å². The highest BCUT2D eigenvalue weighted by atomic mass is 16.6. The Bertz CT molecular complexity index is 1180. The van der Waals surface area contributed by atoms with Crippen molar-refractivity contribution in [3.8, 4) is 22.9 Å². The van der Waals surface area contributed by atoms with Crippen molar-refractivity contribution in [2.24, 2.45) is 0 Å². The van der Waals surface area contributed by atoms with E-state index in [1.807, 2.05) is 31.3 Å². The van der Waals surface area contributed by atoms with E-state index in [0.717, 1.165) is 11.1 Å². The average molecular weight is 430 g/mol. The number of nitrogens with zero attached hydrogens (tertiary/aromatic N) is 6. The molecule has 3 aromatic rings. The molecular formula is C23H22N6O3. The highest BCUT2D eigenvalue weighted by Gasteiger charge is 2.34. The number of carbonyl (C=O) groups excluding carboxylic acids is 2. The van der Waals surface area contributed by atoms with Crippen LogP contribution in [0, 0.1) is 11.3 Å². The minimum absolute atomic E-state index is 0.101. The fourth-order valence-electron chi connectivity index (χ4n) is 3.82. The highest BCUT2D eigenvalue weighted by molar-refractivity contribution is 6.03. The zero-order chi connectivity index (χ0) is 22.7. The molecule has 4 rings (SSSR count). The van der Waals surface area contributed by atoms with Gasteiger partial charge in [-0.05, 0) is 36.8 Å². The van der Waals surface area contributed by atoms with Crippen molar-refractivity contribution in [3.63, 3.8) is 0 Å². The summed E-state index contributed by atoms with van der Waals surface area (Å²) in [5.41, 5.74) is 2.90. The fourth-order valence-corrected chi connectivity index (χ4v) is 3.82. The summed E-state index contributed by atoms with van der Waals surface area (Å²) in [6.45, 7) is 4.19. The van der Waals surface area contributed by atoms with E-state index in [2.05, 4.69) is 16.2 Å². The van der Waals surface area contributed by atoms with Gasteiger partial charge in [-0.3, -0.25) is 19.4 Å². The van der Waals surface area contributed by atoms with Crippen molar-refractivity contribution in [2.45, 2.75) is 32.9 Å². The first kappa shape index (κ1) is 21.1. The first-order valence-electron chi connectivity index (χ1n) is 10.2. The van der Waals surface area contributed by atoms with Crippen molar-refractivity contribution in [3.05, 3.63) is 55.1 Å². The number of anilines is 2. The molecular weight excluding hydrogens is 408 g/mol. The Kier molecular flexibility index (Phi) is 5.85. The van der Waals surface area contributed by atoms with Crippen LogP contribution in [-0.4, -0.2) is 39.4 Å².